The van der Waals surface area contributed by atoms with Crippen LogP contribution in [-0.2, 0) is 14.8 Å². The van der Waals surface area contributed by atoms with Gasteiger partial charge in [-0.05, 0) is 50.2 Å². The highest BCUT2D eigenvalue weighted by Crippen LogP contribution is 2.31. The maximum Gasteiger partial charge on any atom is 0.212 e. The first-order chi connectivity index (χ1) is 15.7. The third kappa shape index (κ3) is 5.86. The van der Waals surface area contributed by atoms with E-state index in [4.69, 9.17) is 10.5 Å². The molecule has 0 spiro atoms. The Kier molecular flexibility index (Phi) is 7.27. The van der Waals surface area contributed by atoms with E-state index in [0.29, 0.717) is 44.0 Å². The Labute approximate surface area is 195 Å². The second-order valence-corrected chi connectivity index (χ2v) is 11.3. The minimum Gasteiger partial charge on any atom is -0.382 e. The molecule has 0 radical (unpaired) electrons. The topological polar surface area (TPSA) is 123 Å². The average Bonchev–Trinajstić information content (AvgIpc) is 3.38. The number of anilines is 2. The van der Waals surface area contributed by atoms with Crippen LogP contribution >= 0.6 is 11.3 Å². The highest BCUT2D eigenvalue weighted by atomic mass is 32.2. The summed E-state index contributed by atoms with van der Waals surface area (Å²) in [7, 11) is -3.36. The number of hydrogen-bond acceptors (Lipinski definition) is 8. The van der Waals surface area contributed by atoms with Gasteiger partial charge in [0.1, 0.15) is 22.3 Å². The van der Waals surface area contributed by atoms with Crippen LogP contribution in [0.1, 0.15) is 47.3 Å². The number of thiazole rings is 1. The van der Waals surface area contributed by atoms with Gasteiger partial charge in [0.2, 0.25) is 15.8 Å². The van der Waals surface area contributed by atoms with Crippen LogP contribution in [0.3, 0.4) is 0 Å². The molecule has 180 valence electrons. The highest BCUT2D eigenvalue weighted by Gasteiger charge is 2.29. The first-order valence-corrected chi connectivity index (χ1v) is 13.3. The molecule has 0 amide bonds. The number of ether oxygens (including phenoxy) is 1. The number of carbonyl (C=O) groups is 1. The van der Waals surface area contributed by atoms with Crippen molar-refractivity contribution >= 4 is 38.1 Å². The third-order valence-corrected chi connectivity index (χ3v) is 8.53. The Bertz CT molecular complexity index is 1090. The molecule has 1 aromatic heterocycles. The highest BCUT2D eigenvalue weighted by molar-refractivity contribution is 7.89. The van der Waals surface area contributed by atoms with Crippen LogP contribution in [0, 0.1) is 17.6 Å². The molecule has 4 N–H and O–H groups in total. The van der Waals surface area contributed by atoms with Crippen LogP contribution in [0.15, 0.2) is 18.2 Å². The van der Waals surface area contributed by atoms with Crippen molar-refractivity contribution in [3.63, 3.8) is 0 Å². The molecule has 2 fully saturated rings. The standard InChI is InChI=1S/C21H26F2N4O4S2/c22-15-2-1-3-16(23)17(15)18(28)19-20(24)26-21(32-19)25-13-4-6-14(7-5-13)27-33(29,30)11-12-8-9-31-10-12/h1-3,12-14,27H,4-11,24H2,(H,25,26). The number of nitrogen functional groups attached to an aromatic ring is 1. The van der Waals surface area contributed by atoms with Gasteiger partial charge < -0.3 is 15.8 Å². The maximum atomic E-state index is 14.0. The smallest absolute Gasteiger partial charge is 0.212 e. The zero-order valence-corrected chi connectivity index (χ0v) is 19.5. The monoisotopic (exact) mass is 500 g/mol. The molecular weight excluding hydrogens is 474 g/mol. The minimum absolute atomic E-state index is 0.0210. The molecule has 2 heterocycles. The summed E-state index contributed by atoms with van der Waals surface area (Å²) in [5.74, 6) is -2.71. The number of carbonyl (C=O) groups excluding carboxylic acids is 1. The van der Waals surface area contributed by atoms with Crippen LogP contribution < -0.4 is 15.8 Å². The number of benzene rings is 1. The number of ketones is 1. The summed E-state index contributed by atoms with van der Waals surface area (Å²) in [6, 6.07) is 3.11. The predicted molar refractivity (Wildman–Crippen MR) is 122 cm³/mol. The van der Waals surface area contributed by atoms with E-state index in [1.165, 1.54) is 6.07 Å². The van der Waals surface area contributed by atoms with Gasteiger partial charge in [-0.15, -0.1) is 0 Å². The Balaban J connectivity index is 1.32. The molecule has 1 saturated carbocycles. The summed E-state index contributed by atoms with van der Waals surface area (Å²) < 4.78 is 60.8. The van der Waals surface area contributed by atoms with Crippen molar-refractivity contribution in [3.05, 3.63) is 40.3 Å². The second-order valence-electron chi connectivity index (χ2n) is 8.48. The van der Waals surface area contributed by atoms with Crippen molar-refractivity contribution in [1.29, 1.82) is 0 Å². The van der Waals surface area contributed by atoms with Gasteiger partial charge in [0.25, 0.3) is 0 Å². The van der Waals surface area contributed by atoms with E-state index in [-0.39, 0.29) is 34.4 Å². The zero-order valence-electron chi connectivity index (χ0n) is 17.9. The van der Waals surface area contributed by atoms with Crippen molar-refractivity contribution in [2.75, 3.05) is 30.0 Å². The van der Waals surface area contributed by atoms with E-state index >= 15 is 0 Å². The number of rotatable bonds is 8. The first kappa shape index (κ1) is 24.0. The minimum atomic E-state index is -3.36. The zero-order chi connectivity index (χ0) is 23.6. The lowest BCUT2D eigenvalue weighted by molar-refractivity contribution is 0.103. The summed E-state index contributed by atoms with van der Waals surface area (Å²) in [5, 5.41) is 3.60. The van der Waals surface area contributed by atoms with E-state index in [1.54, 1.807) is 0 Å². The Hall–Kier alpha value is -2.15. The van der Waals surface area contributed by atoms with Crippen molar-refractivity contribution in [1.82, 2.24) is 9.71 Å². The molecule has 2 aromatic rings. The van der Waals surface area contributed by atoms with E-state index in [2.05, 4.69) is 15.0 Å². The first-order valence-electron chi connectivity index (χ1n) is 10.8. The summed E-state index contributed by atoms with van der Waals surface area (Å²) in [6.45, 7) is 1.10. The molecule has 1 aliphatic carbocycles. The average molecular weight is 501 g/mol. The summed E-state index contributed by atoms with van der Waals surface area (Å²) in [6.07, 6.45) is 3.48. The van der Waals surface area contributed by atoms with Crippen molar-refractivity contribution < 1.29 is 26.7 Å². The molecule has 0 bridgehead atoms. The molecule has 33 heavy (non-hydrogen) atoms. The van der Waals surface area contributed by atoms with Gasteiger partial charge in [-0.3, -0.25) is 4.79 Å². The van der Waals surface area contributed by atoms with Gasteiger partial charge >= 0.3 is 0 Å². The normalized spacial score (nSPS) is 23.5. The lowest BCUT2D eigenvalue weighted by Gasteiger charge is -2.29. The maximum absolute atomic E-state index is 14.0. The van der Waals surface area contributed by atoms with Gasteiger partial charge in [0.05, 0.1) is 17.9 Å². The van der Waals surface area contributed by atoms with Crippen LogP contribution in [0.25, 0.3) is 0 Å². The quantitative estimate of drug-likeness (QED) is 0.476. The van der Waals surface area contributed by atoms with E-state index in [1.807, 2.05) is 0 Å². The third-order valence-electron chi connectivity index (χ3n) is 5.93. The SMILES string of the molecule is Nc1nc(NC2CCC(NS(=O)(=O)CC3CCOC3)CC2)sc1C(=O)c1c(F)cccc1F. The molecular formula is C21H26F2N4O4S2. The Morgan fingerprint density at radius 1 is 1.15 bits per heavy atom. The van der Waals surface area contributed by atoms with Gasteiger partial charge in [0, 0.05) is 18.7 Å². The number of nitrogens with two attached hydrogens (primary N) is 1. The van der Waals surface area contributed by atoms with Gasteiger partial charge in [-0.1, -0.05) is 17.4 Å². The Morgan fingerprint density at radius 3 is 2.45 bits per heavy atom. The Morgan fingerprint density at radius 2 is 1.82 bits per heavy atom. The number of nitrogens with one attached hydrogen (secondary N) is 2. The number of nitrogens with zero attached hydrogens (tertiary/aromatic N) is 1. The molecule has 4 rings (SSSR count). The fourth-order valence-corrected chi connectivity index (χ4v) is 6.87. The van der Waals surface area contributed by atoms with Crippen molar-refractivity contribution in [3.8, 4) is 0 Å². The van der Waals surface area contributed by atoms with Gasteiger partial charge in [0.15, 0.2) is 5.13 Å². The molecule has 1 unspecified atom stereocenters. The largest absolute Gasteiger partial charge is 0.382 e. The summed E-state index contributed by atoms with van der Waals surface area (Å²) in [5.41, 5.74) is 5.20. The number of sulfonamides is 1. The van der Waals surface area contributed by atoms with Gasteiger partial charge in [-0.2, -0.15) is 0 Å². The van der Waals surface area contributed by atoms with E-state index < -0.39 is 33.0 Å². The van der Waals surface area contributed by atoms with Crippen molar-refractivity contribution in [2.24, 2.45) is 5.92 Å². The van der Waals surface area contributed by atoms with Crippen LogP contribution in [0.2, 0.25) is 0 Å². The molecule has 2 aliphatic rings. The number of halogens is 2. The van der Waals surface area contributed by atoms with Crippen LogP contribution in [0.5, 0.6) is 0 Å². The van der Waals surface area contributed by atoms with E-state index in [9.17, 15) is 22.0 Å². The number of hydrogen-bond donors (Lipinski definition) is 3. The van der Waals surface area contributed by atoms with E-state index in [0.717, 1.165) is 29.9 Å². The predicted octanol–water partition coefficient (Wildman–Crippen LogP) is 2.91. The lowest BCUT2D eigenvalue weighted by atomic mass is 9.92. The lowest BCUT2D eigenvalue weighted by Crippen LogP contribution is -2.42. The molecule has 8 nitrogen and oxygen atoms in total. The van der Waals surface area contributed by atoms with Crippen molar-refractivity contribution in [2.45, 2.75) is 44.2 Å². The molecule has 1 atom stereocenters. The second kappa shape index (κ2) is 10.00. The molecule has 12 heteroatoms. The fourth-order valence-electron chi connectivity index (χ4n) is 4.24. The summed E-state index contributed by atoms with van der Waals surface area (Å²) >= 11 is 0.949. The number of aromatic nitrogens is 1. The van der Waals surface area contributed by atoms with Crippen LogP contribution in [-0.4, -0.2) is 50.2 Å². The van der Waals surface area contributed by atoms with Gasteiger partial charge in [-0.25, -0.2) is 26.9 Å². The molecule has 1 saturated heterocycles. The molecule has 1 aliphatic heterocycles. The fraction of sp³-hybridized carbons (Fsp3) is 0.524. The summed E-state index contributed by atoms with van der Waals surface area (Å²) in [4.78, 5) is 16.7. The molecule has 1 aromatic carbocycles. The van der Waals surface area contributed by atoms with Crippen LogP contribution in [0.4, 0.5) is 19.7 Å².